The number of fused-ring (bicyclic) bond motifs is 1. The third-order valence-electron chi connectivity index (χ3n) is 3.97. The van der Waals surface area contributed by atoms with Crippen molar-refractivity contribution < 1.29 is 14.2 Å². The van der Waals surface area contributed by atoms with Crippen molar-refractivity contribution in [2.75, 3.05) is 52.4 Å². The summed E-state index contributed by atoms with van der Waals surface area (Å²) >= 11 is 0. The normalized spacial score (nSPS) is 15.0. The van der Waals surface area contributed by atoms with Gasteiger partial charge in [0.05, 0.1) is 37.9 Å². The van der Waals surface area contributed by atoms with Crippen LogP contribution < -0.4 is 24.4 Å². The molecule has 118 valence electrons. The van der Waals surface area contributed by atoms with Crippen molar-refractivity contribution in [3.05, 3.63) is 18.3 Å². The molecule has 0 atom stereocenters. The minimum atomic E-state index is 0.599. The standard InChI is InChI=1S/C16H21N3O3/c1-20-13-10-11-14(16(22-3)15(13)21-2)12(4-5-18-11)19-8-6-17-7-9-19/h4-5,10,17H,6-9H2,1-3H3. The van der Waals surface area contributed by atoms with Gasteiger partial charge in [0.1, 0.15) is 0 Å². The van der Waals surface area contributed by atoms with E-state index in [1.54, 1.807) is 21.3 Å². The van der Waals surface area contributed by atoms with Crippen LogP contribution in [0.1, 0.15) is 0 Å². The number of piperazine rings is 1. The zero-order valence-corrected chi connectivity index (χ0v) is 13.2. The van der Waals surface area contributed by atoms with E-state index in [1.807, 2.05) is 18.3 Å². The summed E-state index contributed by atoms with van der Waals surface area (Å²) in [6.45, 7) is 3.85. The van der Waals surface area contributed by atoms with E-state index < -0.39 is 0 Å². The van der Waals surface area contributed by atoms with E-state index in [-0.39, 0.29) is 0 Å². The van der Waals surface area contributed by atoms with Gasteiger partial charge in [-0.2, -0.15) is 0 Å². The minimum absolute atomic E-state index is 0.599. The van der Waals surface area contributed by atoms with E-state index in [9.17, 15) is 0 Å². The molecule has 1 aliphatic rings. The Morgan fingerprint density at radius 1 is 1.05 bits per heavy atom. The van der Waals surface area contributed by atoms with Gasteiger partial charge in [0.2, 0.25) is 5.75 Å². The molecule has 1 aromatic carbocycles. The first-order chi connectivity index (χ1) is 10.8. The molecule has 22 heavy (non-hydrogen) atoms. The summed E-state index contributed by atoms with van der Waals surface area (Å²) in [7, 11) is 4.88. The highest BCUT2D eigenvalue weighted by Gasteiger charge is 2.22. The van der Waals surface area contributed by atoms with Crippen LogP contribution in [-0.2, 0) is 0 Å². The van der Waals surface area contributed by atoms with Crippen LogP contribution in [0.2, 0.25) is 0 Å². The third-order valence-corrected chi connectivity index (χ3v) is 3.97. The molecule has 0 amide bonds. The second-order valence-corrected chi connectivity index (χ2v) is 5.11. The first kappa shape index (κ1) is 14.7. The van der Waals surface area contributed by atoms with E-state index in [2.05, 4.69) is 15.2 Å². The Morgan fingerprint density at radius 3 is 2.41 bits per heavy atom. The number of anilines is 1. The molecule has 0 spiro atoms. The zero-order valence-electron chi connectivity index (χ0n) is 13.2. The molecule has 6 heteroatoms. The Morgan fingerprint density at radius 2 is 1.77 bits per heavy atom. The van der Waals surface area contributed by atoms with Crippen LogP contribution in [0, 0.1) is 0 Å². The molecular formula is C16H21N3O3. The third kappa shape index (κ3) is 2.39. The maximum atomic E-state index is 5.64. The van der Waals surface area contributed by atoms with Crippen molar-refractivity contribution in [2.45, 2.75) is 0 Å². The molecule has 1 fully saturated rings. The van der Waals surface area contributed by atoms with Gasteiger partial charge in [-0.15, -0.1) is 0 Å². The lowest BCUT2D eigenvalue weighted by atomic mass is 10.1. The second kappa shape index (κ2) is 6.27. The summed E-state index contributed by atoms with van der Waals surface area (Å²) in [4.78, 5) is 6.81. The largest absolute Gasteiger partial charge is 0.493 e. The number of hydrogen-bond acceptors (Lipinski definition) is 6. The van der Waals surface area contributed by atoms with Crippen molar-refractivity contribution in [2.24, 2.45) is 0 Å². The van der Waals surface area contributed by atoms with Gasteiger partial charge in [0, 0.05) is 38.4 Å². The SMILES string of the molecule is COc1cc2nccc(N3CCNCC3)c2c(OC)c1OC. The van der Waals surface area contributed by atoms with Crippen molar-refractivity contribution in [1.82, 2.24) is 10.3 Å². The Labute approximate surface area is 130 Å². The summed E-state index contributed by atoms with van der Waals surface area (Å²) in [5.41, 5.74) is 1.95. The zero-order chi connectivity index (χ0) is 15.5. The molecule has 1 N–H and O–H groups in total. The predicted molar refractivity (Wildman–Crippen MR) is 86.5 cm³/mol. The fourth-order valence-electron chi connectivity index (χ4n) is 2.93. The number of nitrogens with one attached hydrogen (secondary N) is 1. The van der Waals surface area contributed by atoms with Crippen LogP contribution >= 0.6 is 0 Å². The van der Waals surface area contributed by atoms with Crippen LogP contribution in [0.25, 0.3) is 10.9 Å². The monoisotopic (exact) mass is 303 g/mol. The molecule has 1 saturated heterocycles. The quantitative estimate of drug-likeness (QED) is 0.927. The Kier molecular flexibility index (Phi) is 4.20. The highest BCUT2D eigenvalue weighted by molar-refractivity contribution is 6.00. The van der Waals surface area contributed by atoms with Crippen molar-refractivity contribution >= 4 is 16.6 Å². The summed E-state index contributed by atoms with van der Waals surface area (Å²) < 4.78 is 16.5. The molecule has 2 aromatic rings. The number of pyridine rings is 1. The van der Waals surface area contributed by atoms with E-state index in [1.165, 1.54) is 0 Å². The van der Waals surface area contributed by atoms with Gasteiger partial charge in [-0.25, -0.2) is 0 Å². The van der Waals surface area contributed by atoms with Gasteiger partial charge >= 0.3 is 0 Å². The Hall–Kier alpha value is -2.21. The van der Waals surface area contributed by atoms with Crippen LogP contribution in [0.5, 0.6) is 17.2 Å². The fourth-order valence-corrected chi connectivity index (χ4v) is 2.93. The smallest absolute Gasteiger partial charge is 0.204 e. The molecule has 0 unspecified atom stereocenters. The van der Waals surface area contributed by atoms with Crippen LogP contribution in [-0.4, -0.2) is 52.5 Å². The lowest BCUT2D eigenvalue weighted by Crippen LogP contribution is -2.43. The van der Waals surface area contributed by atoms with Crippen LogP contribution in [0.3, 0.4) is 0 Å². The van der Waals surface area contributed by atoms with Crippen molar-refractivity contribution in [1.29, 1.82) is 0 Å². The molecular weight excluding hydrogens is 282 g/mol. The van der Waals surface area contributed by atoms with Crippen LogP contribution in [0.15, 0.2) is 18.3 Å². The van der Waals surface area contributed by atoms with Crippen LogP contribution in [0.4, 0.5) is 5.69 Å². The number of ether oxygens (including phenoxy) is 3. The van der Waals surface area contributed by atoms with E-state index in [0.717, 1.165) is 42.8 Å². The topological polar surface area (TPSA) is 55.9 Å². The molecule has 0 saturated carbocycles. The van der Waals surface area contributed by atoms with Gasteiger partial charge < -0.3 is 24.4 Å². The minimum Gasteiger partial charge on any atom is -0.493 e. The van der Waals surface area contributed by atoms with E-state index in [4.69, 9.17) is 14.2 Å². The average Bonchev–Trinajstić information content (AvgIpc) is 2.60. The van der Waals surface area contributed by atoms with Gasteiger partial charge in [-0.1, -0.05) is 0 Å². The van der Waals surface area contributed by atoms with E-state index >= 15 is 0 Å². The number of hydrogen-bond donors (Lipinski definition) is 1. The summed E-state index contributed by atoms with van der Waals surface area (Å²) in [5.74, 6) is 1.89. The Balaban J connectivity index is 2.25. The van der Waals surface area contributed by atoms with E-state index in [0.29, 0.717) is 17.2 Å². The summed E-state index contributed by atoms with van der Waals surface area (Å²) in [5, 5.41) is 4.33. The van der Waals surface area contributed by atoms with Gasteiger partial charge in [-0.3, -0.25) is 4.98 Å². The lowest BCUT2D eigenvalue weighted by molar-refractivity contribution is 0.327. The van der Waals surface area contributed by atoms with Gasteiger partial charge in [-0.05, 0) is 6.07 Å². The molecule has 0 aliphatic carbocycles. The number of aromatic nitrogens is 1. The maximum absolute atomic E-state index is 5.64. The fraction of sp³-hybridized carbons (Fsp3) is 0.438. The van der Waals surface area contributed by atoms with Crippen molar-refractivity contribution in [3.63, 3.8) is 0 Å². The second-order valence-electron chi connectivity index (χ2n) is 5.11. The van der Waals surface area contributed by atoms with Crippen molar-refractivity contribution in [3.8, 4) is 17.2 Å². The predicted octanol–water partition coefficient (Wildman–Crippen LogP) is 1.67. The Bertz CT molecular complexity index is 669. The average molecular weight is 303 g/mol. The molecule has 1 aliphatic heterocycles. The first-order valence-electron chi connectivity index (χ1n) is 7.33. The molecule has 3 rings (SSSR count). The highest BCUT2D eigenvalue weighted by atomic mass is 16.5. The van der Waals surface area contributed by atoms with Gasteiger partial charge in [0.15, 0.2) is 11.5 Å². The molecule has 0 radical (unpaired) electrons. The first-order valence-corrected chi connectivity index (χ1v) is 7.33. The van der Waals surface area contributed by atoms with Gasteiger partial charge in [0.25, 0.3) is 0 Å². The molecule has 6 nitrogen and oxygen atoms in total. The molecule has 0 bridgehead atoms. The molecule has 1 aromatic heterocycles. The maximum Gasteiger partial charge on any atom is 0.204 e. The summed E-state index contributed by atoms with van der Waals surface area (Å²) in [6, 6.07) is 3.92. The number of methoxy groups -OCH3 is 3. The number of benzene rings is 1. The summed E-state index contributed by atoms with van der Waals surface area (Å²) in [6.07, 6.45) is 1.82. The highest BCUT2D eigenvalue weighted by Crippen LogP contribution is 2.46. The number of rotatable bonds is 4. The molecule has 2 heterocycles. The lowest BCUT2D eigenvalue weighted by Gasteiger charge is -2.30. The number of nitrogens with zero attached hydrogens (tertiary/aromatic N) is 2.